The number of fused-ring (bicyclic) bond motifs is 1. The zero-order valence-corrected chi connectivity index (χ0v) is 22.6. The Balaban J connectivity index is 1.92. The van der Waals surface area contributed by atoms with E-state index in [1.54, 1.807) is 12.1 Å². The number of sulfonamides is 1. The number of carbonyl (C=O) groups is 2. The standard InChI is InChI=1S/C24H37N3O9S/c1-5-9-27(36-10-6-2)21(28)14-26-13-17(16-11-19(33-3)23-20(12-16)34-15-35-23)22(24(29)30)18(26)7-8-25-37(4,31)32/h11-12,17-18,22,25H,5-10,13-15H2,1-4H3,(H,29,30). The van der Waals surface area contributed by atoms with Gasteiger partial charge in [-0.3, -0.25) is 19.3 Å². The van der Waals surface area contributed by atoms with Crippen molar-refractivity contribution < 1.29 is 42.2 Å². The number of carboxylic acid groups (broad SMARTS) is 1. The molecule has 3 unspecified atom stereocenters. The molecule has 208 valence electrons. The third-order valence-electron chi connectivity index (χ3n) is 6.44. The fraction of sp³-hybridized carbons (Fsp3) is 0.667. The topological polar surface area (TPSA) is 144 Å². The average molecular weight is 544 g/mol. The summed E-state index contributed by atoms with van der Waals surface area (Å²) in [7, 11) is -1.97. The van der Waals surface area contributed by atoms with Gasteiger partial charge in [0.2, 0.25) is 22.6 Å². The van der Waals surface area contributed by atoms with E-state index in [1.165, 1.54) is 12.2 Å². The number of hydrogen-bond donors (Lipinski definition) is 2. The van der Waals surface area contributed by atoms with Crippen LogP contribution < -0.4 is 18.9 Å². The molecule has 0 saturated carbocycles. The minimum absolute atomic E-state index is 0.0353. The second kappa shape index (κ2) is 12.8. The Kier molecular flexibility index (Phi) is 9.99. The average Bonchev–Trinajstić information content (AvgIpc) is 3.45. The first-order valence-electron chi connectivity index (χ1n) is 12.4. The monoisotopic (exact) mass is 543 g/mol. The van der Waals surface area contributed by atoms with Crippen molar-refractivity contribution in [1.29, 1.82) is 0 Å². The van der Waals surface area contributed by atoms with E-state index in [2.05, 4.69) is 4.72 Å². The van der Waals surface area contributed by atoms with Crippen LogP contribution in [0.2, 0.25) is 0 Å². The van der Waals surface area contributed by atoms with Crippen molar-refractivity contribution in [3.8, 4) is 17.2 Å². The van der Waals surface area contributed by atoms with Crippen molar-refractivity contribution in [3.63, 3.8) is 0 Å². The van der Waals surface area contributed by atoms with Crippen LogP contribution in [0, 0.1) is 5.92 Å². The molecule has 2 N–H and O–H groups in total. The molecular formula is C24H37N3O9S. The van der Waals surface area contributed by atoms with E-state index in [0.717, 1.165) is 12.7 Å². The van der Waals surface area contributed by atoms with Gasteiger partial charge in [0.1, 0.15) is 0 Å². The Bertz CT molecular complexity index is 1070. The number of hydroxylamine groups is 2. The van der Waals surface area contributed by atoms with Gasteiger partial charge in [-0.2, -0.15) is 0 Å². The first kappa shape index (κ1) is 29.0. The summed E-state index contributed by atoms with van der Waals surface area (Å²) in [6.45, 7) is 4.98. The predicted molar refractivity (Wildman–Crippen MR) is 134 cm³/mol. The number of nitrogens with one attached hydrogen (secondary N) is 1. The zero-order valence-electron chi connectivity index (χ0n) is 21.8. The van der Waals surface area contributed by atoms with E-state index < -0.39 is 33.9 Å². The van der Waals surface area contributed by atoms with Crippen molar-refractivity contribution in [2.45, 2.75) is 45.1 Å². The van der Waals surface area contributed by atoms with E-state index in [9.17, 15) is 23.1 Å². The van der Waals surface area contributed by atoms with Gasteiger partial charge in [0.05, 0.1) is 32.4 Å². The lowest BCUT2D eigenvalue weighted by Gasteiger charge is -2.29. The second-order valence-corrected chi connectivity index (χ2v) is 11.0. The molecule has 2 aliphatic rings. The number of hydrogen-bond acceptors (Lipinski definition) is 9. The Hall–Kier alpha value is -2.61. The second-order valence-electron chi connectivity index (χ2n) is 9.21. The van der Waals surface area contributed by atoms with Crippen LogP contribution in [-0.2, 0) is 24.4 Å². The Labute approximate surface area is 217 Å². The SMILES string of the molecule is CCCON(CCC)C(=O)CN1CC(c2cc(OC)c3c(c2)OCO3)C(C(=O)O)C1CCNS(C)(=O)=O. The van der Waals surface area contributed by atoms with Gasteiger partial charge in [0.15, 0.2) is 11.5 Å². The number of nitrogens with zero attached hydrogens (tertiary/aromatic N) is 2. The van der Waals surface area contributed by atoms with E-state index in [4.69, 9.17) is 19.0 Å². The summed E-state index contributed by atoms with van der Waals surface area (Å²) in [4.78, 5) is 33.2. The quantitative estimate of drug-likeness (QED) is 0.331. The van der Waals surface area contributed by atoms with E-state index in [-0.39, 0.29) is 38.8 Å². The smallest absolute Gasteiger partial charge is 0.308 e. The van der Waals surface area contributed by atoms with Crippen molar-refractivity contribution in [2.24, 2.45) is 5.92 Å². The van der Waals surface area contributed by atoms with Crippen molar-refractivity contribution >= 4 is 21.9 Å². The number of carbonyl (C=O) groups excluding carboxylic acids is 1. The molecule has 3 rings (SSSR count). The minimum Gasteiger partial charge on any atom is -0.493 e. The molecule has 2 heterocycles. The van der Waals surface area contributed by atoms with Gasteiger partial charge in [-0.05, 0) is 37.0 Å². The first-order chi connectivity index (χ1) is 17.6. The van der Waals surface area contributed by atoms with Gasteiger partial charge in [0.25, 0.3) is 5.91 Å². The molecule has 1 aromatic rings. The molecular weight excluding hydrogens is 506 g/mol. The number of likely N-dealkylation sites (tertiary alicyclic amines) is 1. The van der Waals surface area contributed by atoms with Crippen LogP contribution in [0.1, 0.15) is 44.6 Å². The van der Waals surface area contributed by atoms with E-state index in [1.807, 2.05) is 18.7 Å². The lowest BCUT2D eigenvalue weighted by Crippen LogP contribution is -2.45. The normalized spacial score (nSPS) is 21.2. The fourth-order valence-corrected chi connectivity index (χ4v) is 5.35. The van der Waals surface area contributed by atoms with E-state index >= 15 is 0 Å². The highest BCUT2D eigenvalue weighted by atomic mass is 32.2. The molecule has 37 heavy (non-hydrogen) atoms. The van der Waals surface area contributed by atoms with Gasteiger partial charge < -0.3 is 19.3 Å². The van der Waals surface area contributed by atoms with Crippen LogP contribution in [0.3, 0.4) is 0 Å². The lowest BCUT2D eigenvalue weighted by atomic mass is 9.84. The lowest BCUT2D eigenvalue weighted by molar-refractivity contribution is -0.188. The third-order valence-corrected chi connectivity index (χ3v) is 7.17. The molecule has 2 aliphatic heterocycles. The van der Waals surface area contributed by atoms with Crippen molar-refractivity contribution in [3.05, 3.63) is 17.7 Å². The Morgan fingerprint density at radius 1 is 1.24 bits per heavy atom. The minimum atomic E-state index is -3.46. The number of aliphatic carboxylic acids is 1. The fourth-order valence-electron chi connectivity index (χ4n) is 4.86. The molecule has 13 heteroatoms. The molecule has 0 aromatic heterocycles. The van der Waals surface area contributed by atoms with Gasteiger partial charge >= 0.3 is 5.97 Å². The highest BCUT2D eigenvalue weighted by Crippen LogP contribution is 2.47. The summed E-state index contributed by atoms with van der Waals surface area (Å²) in [5, 5.41) is 11.6. The molecule has 1 fully saturated rings. The summed E-state index contributed by atoms with van der Waals surface area (Å²) in [5.41, 5.74) is 0.678. The van der Waals surface area contributed by atoms with Crippen LogP contribution in [0.4, 0.5) is 0 Å². The summed E-state index contributed by atoms with van der Waals surface area (Å²) >= 11 is 0. The highest BCUT2D eigenvalue weighted by Gasteiger charge is 2.47. The maximum atomic E-state index is 13.2. The molecule has 0 spiro atoms. The first-order valence-corrected chi connectivity index (χ1v) is 14.3. The third kappa shape index (κ3) is 7.24. The van der Waals surface area contributed by atoms with Gasteiger partial charge in [-0.1, -0.05) is 13.8 Å². The van der Waals surface area contributed by atoms with Crippen LogP contribution in [0.15, 0.2) is 12.1 Å². The van der Waals surface area contributed by atoms with Crippen LogP contribution in [0.25, 0.3) is 0 Å². The molecule has 3 atom stereocenters. The van der Waals surface area contributed by atoms with Crippen LogP contribution in [-0.4, -0.2) is 94.4 Å². The Morgan fingerprint density at radius 3 is 2.62 bits per heavy atom. The molecule has 1 saturated heterocycles. The van der Waals surface area contributed by atoms with Gasteiger partial charge in [0, 0.05) is 31.6 Å². The number of amides is 1. The Morgan fingerprint density at radius 2 is 2.00 bits per heavy atom. The summed E-state index contributed by atoms with van der Waals surface area (Å²) in [6, 6.07) is 2.88. The summed E-state index contributed by atoms with van der Waals surface area (Å²) in [5.74, 6) is -1.37. The van der Waals surface area contributed by atoms with E-state index in [0.29, 0.717) is 42.4 Å². The molecule has 0 aliphatic carbocycles. The largest absolute Gasteiger partial charge is 0.493 e. The van der Waals surface area contributed by atoms with Crippen LogP contribution >= 0.6 is 0 Å². The molecule has 0 bridgehead atoms. The maximum absolute atomic E-state index is 13.2. The predicted octanol–water partition coefficient (Wildman–Crippen LogP) is 1.41. The van der Waals surface area contributed by atoms with Crippen molar-refractivity contribution in [1.82, 2.24) is 14.7 Å². The number of carboxylic acids is 1. The number of ether oxygens (including phenoxy) is 3. The molecule has 1 aromatic carbocycles. The zero-order chi connectivity index (χ0) is 27.2. The maximum Gasteiger partial charge on any atom is 0.308 e. The summed E-state index contributed by atoms with van der Waals surface area (Å²) < 4.78 is 42.2. The molecule has 0 radical (unpaired) electrons. The summed E-state index contributed by atoms with van der Waals surface area (Å²) in [6.07, 6.45) is 2.70. The van der Waals surface area contributed by atoms with Crippen molar-refractivity contribution in [2.75, 3.05) is 52.9 Å². The number of rotatable bonds is 14. The number of methoxy groups -OCH3 is 1. The van der Waals surface area contributed by atoms with Crippen LogP contribution in [0.5, 0.6) is 17.2 Å². The highest BCUT2D eigenvalue weighted by molar-refractivity contribution is 7.88. The number of benzene rings is 1. The van der Waals surface area contributed by atoms with Gasteiger partial charge in [-0.15, -0.1) is 0 Å². The molecule has 12 nitrogen and oxygen atoms in total. The molecule has 1 amide bonds. The van der Waals surface area contributed by atoms with Gasteiger partial charge in [-0.25, -0.2) is 18.2 Å².